The number of rotatable bonds is 5. The van der Waals surface area contributed by atoms with Crippen LogP contribution >= 0.6 is 12.4 Å². The lowest BCUT2D eigenvalue weighted by Gasteiger charge is -2.34. The van der Waals surface area contributed by atoms with Crippen molar-refractivity contribution >= 4 is 29.7 Å². The zero-order chi connectivity index (χ0) is 18.5. The highest BCUT2D eigenvalue weighted by Crippen LogP contribution is 2.27. The predicted octanol–water partition coefficient (Wildman–Crippen LogP) is 3.06. The van der Waals surface area contributed by atoms with E-state index in [0.717, 1.165) is 18.7 Å². The normalized spacial score (nSPS) is 16.3. The van der Waals surface area contributed by atoms with Gasteiger partial charge in [-0.05, 0) is 24.6 Å². The van der Waals surface area contributed by atoms with Crippen molar-refractivity contribution in [3.63, 3.8) is 0 Å². The zero-order valence-electron chi connectivity index (χ0n) is 15.1. The van der Waals surface area contributed by atoms with Crippen LogP contribution in [0.2, 0.25) is 0 Å². The smallest absolute Gasteiger partial charge is 0.293 e. The van der Waals surface area contributed by atoms with Gasteiger partial charge in [-0.3, -0.25) is 14.9 Å². The first kappa shape index (κ1) is 20.7. The molecule has 0 aliphatic carbocycles. The number of benzene rings is 2. The number of nitrogens with zero attached hydrogens (tertiary/aromatic N) is 2. The molecule has 0 unspecified atom stereocenters. The van der Waals surface area contributed by atoms with Gasteiger partial charge in [-0.2, -0.15) is 0 Å². The number of hydrogen-bond donors (Lipinski definition) is 2. The molecular weight excluding hydrogens is 368 g/mol. The summed E-state index contributed by atoms with van der Waals surface area (Å²) in [6.07, 6.45) is 0. The topological polar surface area (TPSA) is 87.5 Å². The van der Waals surface area contributed by atoms with Crippen LogP contribution in [0.25, 0.3) is 0 Å². The van der Waals surface area contributed by atoms with Crippen molar-refractivity contribution in [1.29, 1.82) is 0 Å². The fraction of sp³-hybridized carbons (Fsp3) is 0.316. The first-order valence-electron chi connectivity index (χ1n) is 8.64. The molecular formula is C19H23ClN4O3. The number of amides is 1. The van der Waals surface area contributed by atoms with Crippen LogP contribution in [0, 0.1) is 10.1 Å². The largest absolute Gasteiger partial charge is 0.375 e. The monoisotopic (exact) mass is 390 g/mol. The highest BCUT2D eigenvalue weighted by Gasteiger charge is 2.26. The number of nitro groups is 1. The maximum Gasteiger partial charge on any atom is 0.293 e. The number of hydrogen-bond acceptors (Lipinski definition) is 5. The number of carbonyl (C=O) groups is 1. The fourth-order valence-electron chi connectivity index (χ4n) is 3.07. The van der Waals surface area contributed by atoms with E-state index in [1.807, 2.05) is 37.3 Å². The van der Waals surface area contributed by atoms with E-state index in [2.05, 4.69) is 10.6 Å². The van der Waals surface area contributed by atoms with Gasteiger partial charge in [-0.15, -0.1) is 12.4 Å². The van der Waals surface area contributed by atoms with Crippen LogP contribution < -0.4 is 10.6 Å². The van der Waals surface area contributed by atoms with Gasteiger partial charge in [0, 0.05) is 43.9 Å². The molecule has 1 saturated heterocycles. The van der Waals surface area contributed by atoms with E-state index >= 15 is 0 Å². The summed E-state index contributed by atoms with van der Waals surface area (Å²) >= 11 is 0. The Balaban J connectivity index is 0.00000261. The van der Waals surface area contributed by atoms with Crippen molar-refractivity contribution in [3.8, 4) is 0 Å². The second kappa shape index (κ2) is 9.34. The Kier molecular flexibility index (Phi) is 7.15. The second-order valence-corrected chi connectivity index (χ2v) is 6.38. The first-order valence-corrected chi connectivity index (χ1v) is 8.64. The predicted molar refractivity (Wildman–Crippen MR) is 107 cm³/mol. The van der Waals surface area contributed by atoms with Crippen LogP contribution in [0.15, 0.2) is 48.5 Å². The van der Waals surface area contributed by atoms with E-state index in [-0.39, 0.29) is 30.0 Å². The third kappa shape index (κ3) is 4.96. The Morgan fingerprint density at radius 1 is 1.30 bits per heavy atom. The molecule has 8 heteroatoms. The Labute approximate surface area is 164 Å². The molecule has 1 fully saturated rings. The van der Waals surface area contributed by atoms with E-state index in [1.165, 1.54) is 6.07 Å². The highest BCUT2D eigenvalue weighted by molar-refractivity contribution is 5.96. The summed E-state index contributed by atoms with van der Waals surface area (Å²) < 4.78 is 0. The Morgan fingerprint density at radius 3 is 2.70 bits per heavy atom. The van der Waals surface area contributed by atoms with Gasteiger partial charge in [0.15, 0.2) is 0 Å². The molecule has 2 aromatic rings. The minimum atomic E-state index is -0.453. The second-order valence-electron chi connectivity index (χ2n) is 6.38. The van der Waals surface area contributed by atoms with Gasteiger partial charge in [0.2, 0.25) is 0 Å². The molecule has 0 aromatic heterocycles. The van der Waals surface area contributed by atoms with Crippen LogP contribution in [-0.2, 0) is 6.54 Å². The fourth-order valence-corrected chi connectivity index (χ4v) is 3.07. The number of anilines is 1. The number of halogens is 1. The highest BCUT2D eigenvalue weighted by atomic mass is 35.5. The lowest BCUT2D eigenvalue weighted by molar-refractivity contribution is -0.384. The Hall–Kier alpha value is -2.64. The SMILES string of the molecule is C[C@H]1CNCCN1C(=O)c1ccc(NCc2ccccc2)c([N+](=O)[O-])c1.Cl. The van der Waals surface area contributed by atoms with Gasteiger partial charge >= 0.3 is 0 Å². The Morgan fingerprint density at radius 2 is 2.04 bits per heavy atom. The molecule has 2 aromatic carbocycles. The van der Waals surface area contributed by atoms with Crippen LogP contribution in [0.1, 0.15) is 22.8 Å². The van der Waals surface area contributed by atoms with E-state index in [1.54, 1.807) is 17.0 Å². The van der Waals surface area contributed by atoms with E-state index in [4.69, 9.17) is 0 Å². The van der Waals surface area contributed by atoms with Gasteiger partial charge in [0.1, 0.15) is 5.69 Å². The van der Waals surface area contributed by atoms with Gasteiger partial charge in [0.05, 0.1) is 4.92 Å². The summed E-state index contributed by atoms with van der Waals surface area (Å²) in [6, 6.07) is 14.3. The molecule has 0 saturated carbocycles. The quantitative estimate of drug-likeness (QED) is 0.605. The molecule has 1 heterocycles. The molecule has 0 bridgehead atoms. The summed E-state index contributed by atoms with van der Waals surface area (Å²) in [5.41, 5.74) is 1.69. The number of nitro benzene ring substituents is 1. The molecule has 1 atom stereocenters. The van der Waals surface area contributed by atoms with Crippen molar-refractivity contribution in [1.82, 2.24) is 10.2 Å². The van der Waals surface area contributed by atoms with Gasteiger partial charge < -0.3 is 15.5 Å². The first-order chi connectivity index (χ1) is 12.6. The van der Waals surface area contributed by atoms with Crippen LogP contribution in [0.4, 0.5) is 11.4 Å². The Bertz CT molecular complexity index is 801. The van der Waals surface area contributed by atoms with E-state index in [0.29, 0.717) is 24.3 Å². The van der Waals surface area contributed by atoms with Gasteiger partial charge in [-0.1, -0.05) is 30.3 Å². The molecule has 2 N–H and O–H groups in total. The maximum atomic E-state index is 12.7. The molecule has 144 valence electrons. The van der Waals surface area contributed by atoms with Gasteiger partial charge in [-0.25, -0.2) is 0 Å². The minimum Gasteiger partial charge on any atom is -0.375 e. The molecule has 7 nitrogen and oxygen atoms in total. The van der Waals surface area contributed by atoms with Crippen LogP contribution in [0.5, 0.6) is 0 Å². The number of carbonyl (C=O) groups excluding carboxylic acids is 1. The maximum absolute atomic E-state index is 12.7. The van der Waals surface area contributed by atoms with Crippen molar-refractivity contribution in [2.45, 2.75) is 19.5 Å². The third-order valence-corrected chi connectivity index (χ3v) is 4.53. The van der Waals surface area contributed by atoms with Gasteiger partial charge in [0.25, 0.3) is 11.6 Å². The summed E-state index contributed by atoms with van der Waals surface area (Å²) in [7, 11) is 0. The lowest BCUT2D eigenvalue weighted by Crippen LogP contribution is -2.52. The molecule has 0 spiro atoms. The molecule has 1 aliphatic heterocycles. The average molecular weight is 391 g/mol. The molecule has 0 radical (unpaired) electrons. The zero-order valence-corrected chi connectivity index (χ0v) is 15.9. The van der Waals surface area contributed by atoms with Crippen molar-refractivity contribution in [2.75, 3.05) is 25.0 Å². The van der Waals surface area contributed by atoms with Crippen LogP contribution in [0.3, 0.4) is 0 Å². The van der Waals surface area contributed by atoms with E-state index < -0.39 is 4.92 Å². The molecule has 1 aliphatic rings. The van der Waals surface area contributed by atoms with Crippen molar-refractivity contribution < 1.29 is 9.72 Å². The number of piperazine rings is 1. The lowest BCUT2D eigenvalue weighted by atomic mass is 10.1. The minimum absolute atomic E-state index is 0. The van der Waals surface area contributed by atoms with E-state index in [9.17, 15) is 14.9 Å². The summed E-state index contributed by atoms with van der Waals surface area (Å²) in [4.78, 5) is 25.5. The summed E-state index contributed by atoms with van der Waals surface area (Å²) in [5.74, 6) is -0.170. The standard InChI is InChI=1S/C19H22N4O3.ClH/c1-14-12-20-9-10-22(14)19(24)16-7-8-17(18(11-16)23(25)26)21-13-15-5-3-2-4-6-15;/h2-8,11,14,20-21H,9-10,12-13H2,1H3;1H/t14-;/m0./s1. The summed E-state index contributed by atoms with van der Waals surface area (Å²) in [6.45, 7) is 4.50. The number of nitrogens with one attached hydrogen (secondary N) is 2. The molecule has 1 amide bonds. The van der Waals surface area contributed by atoms with Crippen molar-refractivity contribution in [2.24, 2.45) is 0 Å². The molecule has 27 heavy (non-hydrogen) atoms. The summed E-state index contributed by atoms with van der Waals surface area (Å²) in [5, 5.41) is 17.8. The average Bonchev–Trinajstić information content (AvgIpc) is 2.67. The van der Waals surface area contributed by atoms with Crippen LogP contribution in [-0.4, -0.2) is 41.4 Å². The molecule has 3 rings (SSSR count). The van der Waals surface area contributed by atoms with Crippen molar-refractivity contribution in [3.05, 3.63) is 69.8 Å². The third-order valence-electron chi connectivity index (χ3n) is 4.53.